The van der Waals surface area contributed by atoms with Crippen LogP contribution in [0.1, 0.15) is 11.1 Å². The number of carboxylic acid groups (broad SMARTS) is 1. The number of nitrogens with one attached hydrogen (secondary N) is 2. The number of amides is 1. The predicted octanol–water partition coefficient (Wildman–Crippen LogP) is 0.620. The Kier molecular flexibility index (Phi) is 9.74. The number of nitrogen functional groups attached to an aromatic ring is 1. The molecule has 16 heteroatoms. The largest absolute Gasteiger partial charge is 0.490 e. The zero-order chi connectivity index (χ0) is 28.1. The first kappa shape index (κ1) is 30.5. The molecule has 2 aromatic carbocycles. The van der Waals surface area contributed by atoms with E-state index in [1.54, 1.807) is 30.3 Å². The van der Waals surface area contributed by atoms with Crippen molar-refractivity contribution in [3.05, 3.63) is 53.6 Å². The van der Waals surface area contributed by atoms with E-state index >= 15 is 0 Å². The van der Waals surface area contributed by atoms with E-state index in [4.69, 9.17) is 26.8 Å². The van der Waals surface area contributed by atoms with E-state index in [0.717, 1.165) is 12.5 Å². The Bertz CT molecular complexity index is 1380. The second-order valence-corrected chi connectivity index (χ2v) is 11.2. The highest BCUT2D eigenvalue weighted by Crippen LogP contribution is 2.31. The van der Waals surface area contributed by atoms with E-state index in [-0.39, 0.29) is 22.7 Å². The molecule has 36 heavy (non-hydrogen) atoms. The monoisotopic (exact) mass is 552 g/mol. The molecule has 0 aromatic heterocycles. The normalized spacial score (nSPS) is 12.7. The number of carboxylic acids is 1. The lowest BCUT2D eigenvalue weighted by Crippen LogP contribution is -2.45. The number of amidine groups is 1. The minimum absolute atomic E-state index is 0.0588. The van der Waals surface area contributed by atoms with Gasteiger partial charge in [0.15, 0.2) is 9.84 Å². The van der Waals surface area contributed by atoms with Gasteiger partial charge >= 0.3 is 12.1 Å². The maximum atomic E-state index is 12.1. The van der Waals surface area contributed by atoms with Crippen molar-refractivity contribution in [2.45, 2.75) is 23.5 Å². The number of primary amides is 1. The number of benzene rings is 2. The van der Waals surface area contributed by atoms with E-state index in [2.05, 4.69) is 4.72 Å². The number of sulfonamides is 1. The van der Waals surface area contributed by atoms with Gasteiger partial charge in [-0.2, -0.15) is 13.2 Å². The molecule has 1 atom stereocenters. The lowest BCUT2D eigenvalue weighted by atomic mass is 9.94. The molecule has 2 aromatic rings. The minimum Gasteiger partial charge on any atom is -0.475 e. The van der Waals surface area contributed by atoms with Crippen LogP contribution in [0.2, 0.25) is 0 Å². The fraction of sp³-hybridized carbons (Fsp3) is 0.250. The highest BCUT2D eigenvalue weighted by atomic mass is 32.2. The zero-order valence-corrected chi connectivity index (χ0v) is 20.5. The Morgan fingerprint density at radius 1 is 1.03 bits per heavy atom. The maximum Gasteiger partial charge on any atom is 0.490 e. The molecular formula is C20H23F3N4O7S2. The van der Waals surface area contributed by atoms with Gasteiger partial charge in [-0.1, -0.05) is 30.3 Å². The van der Waals surface area contributed by atoms with E-state index in [9.17, 15) is 34.8 Å². The number of nitrogens with two attached hydrogens (primary N) is 2. The molecule has 0 bridgehead atoms. The molecule has 0 radical (unpaired) electrons. The average molecular weight is 553 g/mol. The first-order chi connectivity index (χ1) is 16.2. The Morgan fingerprint density at radius 2 is 1.56 bits per heavy atom. The van der Waals surface area contributed by atoms with Gasteiger partial charge in [0.05, 0.1) is 11.2 Å². The number of halogens is 3. The molecule has 0 aliphatic rings. The Hall–Kier alpha value is -3.50. The summed E-state index contributed by atoms with van der Waals surface area (Å²) in [5, 5.41) is 15.0. The number of hydrogen-bond acceptors (Lipinski definition) is 7. The molecule has 1 amide bonds. The van der Waals surface area contributed by atoms with Crippen molar-refractivity contribution in [2.24, 2.45) is 11.5 Å². The van der Waals surface area contributed by atoms with Crippen LogP contribution >= 0.6 is 0 Å². The van der Waals surface area contributed by atoms with Crippen molar-refractivity contribution in [3.8, 4) is 11.1 Å². The molecule has 11 nitrogen and oxygen atoms in total. The first-order valence-electron chi connectivity index (χ1n) is 9.57. The molecule has 0 aliphatic carbocycles. The number of hydrogen-bond donors (Lipinski definition) is 5. The third-order valence-corrected chi connectivity index (χ3v) is 6.20. The van der Waals surface area contributed by atoms with Crippen LogP contribution in [0.25, 0.3) is 11.1 Å². The molecule has 0 saturated heterocycles. The summed E-state index contributed by atoms with van der Waals surface area (Å²) in [6.07, 6.45) is -3.15. The second kappa shape index (κ2) is 11.5. The van der Waals surface area contributed by atoms with E-state index in [1.165, 1.54) is 12.1 Å². The van der Waals surface area contributed by atoms with Gasteiger partial charge in [0.25, 0.3) is 0 Å². The first-order valence-corrected chi connectivity index (χ1v) is 13.4. The summed E-state index contributed by atoms with van der Waals surface area (Å²) < 4.78 is 81.1. The van der Waals surface area contributed by atoms with Gasteiger partial charge in [-0.3, -0.25) is 10.2 Å². The molecular weight excluding hydrogens is 529 g/mol. The molecule has 0 saturated carbocycles. The van der Waals surface area contributed by atoms with Crippen molar-refractivity contribution in [1.29, 1.82) is 5.41 Å². The van der Waals surface area contributed by atoms with Crippen LogP contribution in [0, 0.1) is 5.41 Å². The van der Waals surface area contributed by atoms with Crippen molar-refractivity contribution >= 4 is 37.6 Å². The molecule has 198 valence electrons. The molecule has 0 heterocycles. The lowest BCUT2D eigenvalue weighted by Gasteiger charge is -2.17. The number of carbonyl (C=O) groups is 2. The topological polar surface area (TPSA) is 211 Å². The van der Waals surface area contributed by atoms with Crippen LogP contribution < -0.4 is 16.2 Å². The summed E-state index contributed by atoms with van der Waals surface area (Å²) in [6, 6.07) is 9.83. The van der Waals surface area contributed by atoms with Crippen LogP contribution in [-0.2, 0) is 35.9 Å². The molecule has 7 N–H and O–H groups in total. The van der Waals surface area contributed by atoms with Crippen molar-refractivity contribution in [3.63, 3.8) is 0 Å². The number of sulfone groups is 1. The summed E-state index contributed by atoms with van der Waals surface area (Å²) in [6.45, 7) is 0. The standard InChI is InChI=1S/C18H22N4O5S2.C2HF3O2/c1-28(24,25)16-6-4-3-5-13(16)12-8-7-11(9-14(12)17(19)20)10-15(18(21)23)22-29(2,26)27;3-2(4,5)1(6)7/h3-9,15,22H,10H2,1-2H3,(H3,19,20)(H2,21,23);(H,6,7)/t15-;/m0./s1. The number of aliphatic carboxylic acids is 1. The maximum absolute atomic E-state index is 12.1. The summed E-state index contributed by atoms with van der Waals surface area (Å²) in [5.41, 5.74) is 12.5. The fourth-order valence-electron chi connectivity index (χ4n) is 2.88. The van der Waals surface area contributed by atoms with Gasteiger partial charge < -0.3 is 16.6 Å². The molecule has 0 unspecified atom stereocenters. The van der Waals surface area contributed by atoms with Crippen LogP contribution in [0.15, 0.2) is 47.4 Å². The Labute approximate surface area is 204 Å². The average Bonchev–Trinajstić information content (AvgIpc) is 2.71. The van der Waals surface area contributed by atoms with Crippen LogP contribution in [0.5, 0.6) is 0 Å². The molecule has 0 spiro atoms. The van der Waals surface area contributed by atoms with E-state index < -0.39 is 44.0 Å². The van der Waals surface area contributed by atoms with Crippen molar-refractivity contribution < 1.29 is 44.7 Å². The lowest BCUT2D eigenvalue weighted by molar-refractivity contribution is -0.192. The molecule has 0 aliphatic heterocycles. The van der Waals surface area contributed by atoms with Crippen LogP contribution in [0.4, 0.5) is 13.2 Å². The van der Waals surface area contributed by atoms with Gasteiger partial charge in [0.2, 0.25) is 15.9 Å². The summed E-state index contributed by atoms with van der Waals surface area (Å²) >= 11 is 0. The quantitative estimate of drug-likeness (QED) is 0.231. The van der Waals surface area contributed by atoms with Gasteiger partial charge in [0.1, 0.15) is 11.9 Å². The van der Waals surface area contributed by atoms with Gasteiger partial charge in [0, 0.05) is 17.4 Å². The summed E-state index contributed by atoms with van der Waals surface area (Å²) in [4.78, 5) is 20.6. The number of rotatable bonds is 8. The van der Waals surface area contributed by atoms with Crippen molar-refractivity contribution in [2.75, 3.05) is 12.5 Å². The fourth-order valence-corrected chi connectivity index (χ4v) is 4.50. The van der Waals surface area contributed by atoms with Crippen LogP contribution in [0.3, 0.4) is 0 Å². The predicted molar refractivity (Wildman–Crippen MR) is 124 cm³/mol. The van der Waals surface area contributed by atoms with Gasteiger partial charge in [-0.25, -0.2) is 26.4 Å². The van der Waals surface area contributed by atoms with Crippen LogP contribution in [-0.4, -0.2) is 64.4 Å². The van der Waals surface area contributed by atoms with Crippen molar-refractivity contribution in [1.82, 2.24) is 4.72 Å². The highest BCUT2D eigenvalue weighted by Gasteiger charge is 2.38. The third kappa shape index (κ3) is 9.27. The van der Waals surface area contributed by atoms with Gasteiger partial charge in [-0.15, -0.1) is 0 Å². The minimum atomic E-state index is -5.08. The van der Waals surface area contributed by atoms with Gasteiger partial charge in [-0.05, 0) is 29.7 Å². The highest BCUT2D eigenvalue weighted by molar-refractivity contribution is 7.90. The smallest absolute Gasteiger partial charge is 0.475 e. The third-order valence-electron chi connectivity index (χ3n) is 4.33. The SMILES string of the molecule is CS(=O)(=O)N[C@@H](Cc1ccc(-c2ccccc2S(C)(=O)=O)c(C(=N)N)c1)C(N)=O.O=C(O)C(F)(F)F. The summed E-state index contributed by atoms with van der Waals surface area (Å²) in [7, 11) is -7.21. The van der Waals surface area contributed by atoms with E-state index in [1.807, 2.05) is 0 Å². The molecule has 0 fully saturated rings. The zero-order valence-electron chi connectivity index (χ0n) is 18.8. The molecule has 2 rings (SSSR count). The Balaban J connectivity index is 0.000000809. The number of alkyl halides is 3. The number of carbonyl (C=O) groups excluding carboxylic acids is 1. The second-order valence-electron chi connectivity index (χ2n) is 7.41. The summed E-state index contributed by atoms with van der Waals surface area (Å²) in [5.74, 6) is -3.92. The Morgan fingerprint density at radius 3 is 1.97 bits per heavy atom. The van der Waals surface area contributed by atoms with E-state index in [0.29, 0.717) is 16.7 Å².